The zero-order valence-corrected chi connectivity index (χ0v) is 16.7. The van der Waals surface area contributed by atoms with Crippen LogP contribution in [-0.2, 0) is 19.6 Å². The summed E-state index contributed by atoms with van der Waals surface area (Å²) in [5, 5.41) is 0. The number of carbonyl (C=O) groups excluding carboxylic acids is 1. The number of rotatable bonds is 6. The fourth-order valence-corrected chi connectivity index (χ4v) is 4.12. The van der Waals surface area contributed by atoms with Crippen molar-refractivity contribution in [3.63, 3.8) is 0 Å². The van der Waals surface area contributed by atoms with Crippen LogP contribution in [0.2, 0.25) is 0 Å². The Kier molecular flexibility index (Phi) is 6.24. The van der Waals surface area contributed by atoms with E-state index >= 15 is 0 Å². The lowest BCUT2D eigenvalue weighted by Gasteiger charge is -2.26. The summed E-state index contributed by atoms with van der Waals surface area (Å²) in [4.78, 5) is 12.0. The molecule has 25 heavy (non-hydrogen) atoms. The van der Waals surface area contributed by atoms with Crippen molar-refractivity contribution in [2.45, 2.75) is 24.7 Å². The molecule has 0 saturated heterocycles. The summed E-state index contributed by atoms with van der Waals surface area (Å²) in [7, 11) is -2.68. The maximum absolute atomic E-state index is 13.2. The molecule has 0 aliphatic rings. The Morgan fingerprint density at radius 1 is 1.12 bits per heavy atom. The van der Waals surface area contributed by atoms with E-state index in [4.69, 9.17) is 4.74 Å². The first-order chi connectivity index (χ1) is 11.8. The standard InChI is InChI=1S/C18H20BrNO4S/c1-13(2)16-6-4-5-7-17(16)20(12-18(21)24-3)25(22,23)15-10-8-14(19)9-11-15/h4-11,13H,12H2,1-3H3. The molecule has 5 nitrogen and oxygen atoms in total. The fourth-order valence-electron chi connectivity index (χ4n) is 2.42. The minimum atomic E-state index is -3.92. The molecule has 0 unspecified atom stereocenters. The van der Waals surface area contributed by atoms with Crippen molar-refractivity contribution >= 4 is 37.6 Å². The molecule has 0 spiro atoms. The summed E-state index contributed by atoms with van der Waals surface area (Å²) in [5.41, 5.74) is 1.32. The number of sulfonamides is 1. The molecule has 2 rings (SSSR count). The third-order valence-corrected chi connectivity index (χ3v) is 6.03. The minimum Gasteiger partial charge on any atom is -0.468 e. The molecule has 0 radical (unpaired) electrons. The van der Waals surface area contributed by atoms with E-state index in [1.54, 1.807) is 24.3 Å². The van der Waals surface area contributed by atoms with Gasteiger partial charge in [0.15, 0.2) is 0 Å². The van der Waals surface area contributed by atoms with Gasteiger partial charge in [0.2, 0.25) is 0 Å². The molecule has 2 aromatic carbocycles. The van der Waals surface area contributed by atoms with Gasteiger partial charge in [0.1, 0.15) is 6.54 Å². The van der Waals surface area contributed by atoms with Gasteiger partial charge in [0, 0.05) is 4.47 Å². The summed E-state index contributed by atoms with van der Waals surface area (Å²) in [6.45, 7) is 3.56. The Morgan fingerprint density at radius 2 is 1.72 bits per heavy atom. The summed E-state index contributed by atoms with van der Waals surface area (Å²) in [5.74, 6) is -0.532. The third kappa shape index (κ3) is 4.41. The van der Waals surface area contributed by atoms with E-state index in [0.29, 0.717) is 5.69 Å². The lowest BCUT2D eigenvalue weighted by molar-refractivity contribution is -0.138. The summed E-state index contributed by atoms with van der Waals surface area (Å²) >= 11 is 3.29. The van der Waals surface area contributed by atoms with E-state index in [1.807, 2.05) is 26.0 Å². The predicted molar refractivity (Wildman–Crippen MR) is 101 cm³/mol. The quantitative estimate of drug-likeness (QED) is 0.657. The number of nitrogens with zero attached hydrogens (tertiary/aromatic N) is 1. The van der Waals surface area contributed by atoms with Gasteiger partial charge in [0.05, 0.1) is 17.7 Å². The predicted octanol–water partition coefficient (Wildman–Crippen LogP) is 3.94. The van der Waals surface area contributed by atoms with Gasteiger partial charge in [-0.3, -0.25) is 9.10 Å². The molecule has 0 fully saturated rings. The molecular weight excluding hydrogens is 406 g/mol. The van der Waals surface area contributed by atoms with Gasteiger partial charge >= 0.3 is 5.97 Å². The number of hydrogen-bond donors (Lipinski definition) is 0. The van der Waals surface area contributed by atoms with Crippen LogP contribution >= 0.6 is 15.9 Å². The van der Waals surface area contributed by atoms with Crippen molar-refractivity contribution in [3.05, 3.63) is 58.6 Å². The highest BCUT2D eigenvalue weighted by Gasteiger charge is 2.29. The van der Waals surface area contributed by atoms with Crippen LogP contribution in [0.25, 0.3) is 0 Å². The average Bonchev–Trinajstić information content (AvgIpc) is 2.59. The molecule has 0 N–H and O–H groups in total. The van der Waals surface area contributed by atoms with Gasteiger partial charge in [-0.25, -0.2) is 8.42 Å². The van der Waals surface area contributed by atoms with E-state index in [9.17, 15) is 13.2 Å². The van der Waals surface area contributed by atoms with Crippen LogP contribution in [0.5, 0.6) is 0 Å². The van der Waals surface area contributed by atoms with Crippen molar-refractivity contribution in [1.29, 1.82) is 0 Å². The van der Waals surface area contributed by atoms with E-state index in [0.717, 1.165) is 14.3 Å². The molecule has 0 aliphatic heterocycles. The first-order valence-corrected chi connectivity index (χ1v) is 9.94. The van der Waals surface area contributed by atoms with Crippen LogP contribution in [0.1, 0.15) is 25.3 Å². The second kappa shape index (κ2) is 8.01. The maximum atomic E-state index is 13.2. The van der Waals surface area contributed by atoms with Gasteiger partial charge in [-0.2, -0.15) is 0 Å². The molecule has 2 aromatic rings. The largest absolute Gasteiger partial charge is 0.468 e. The number of para-hydroxylation sites is 1. The fraction of sp³-hybridized carbons (Fsp3) is 0.278. The Labute approximate surface area is 156 Å². The Hall–Kier alpha value is -1.86. The first kappa shape index (κ1) is 19.5. The van der Waals surface area contributed by atoms with Crippen molar-refractivity contribution in [1.82, 2.24) is 0 Å². The van der Waals surface area contributed by atoms with Crippen LogP contribution in [0.4, 0.5) is 5.69 Å². The van der Waals surface area contributed by atoms with Crippen LogP contribution in [0.3, 0.4) is 0 Å². The molecule has 0 amide bonds. The molecule has 0 aliphatic carbocycles. The average molecular weight is 426 g/mol. The van der Waals surface area contributed by atoms with Gasteiger partial charge in [0.25, 0.3) is 10.0 Å². The van der Waals surface area contributed by atoms with Gasteiger partial charge in [-0.1, -0.05) is 48.0 Å². The molecule has 0 aromatic heterocycles. The Balaban J connectivity index is 2.61. The van der Waals surface area contributed by atoms with Crippen molar-refractivity contribution in [2.75, 3.05) is 18.0 Å². The number of carbonyl (C=O) groups is 1. The third-order valence-electron chi connectivity index (χ3n) is 3.73. The maximum Gasteiger partial charge on any atom is 0.326 e. The number of ether oxygens (including phenoxy) is 1. The molecule has 0 atom stereocenters. The lowest BCUT2D eigenvalue weighted by atomic mass is 10.0. The van der Waals surface area contributed by atoms with Crippen molar-refractivity contribution in [3.8, 4) is 0 Å². The first-order valence-electron chi connectivity index (χ1n) is 7.71. The molecular formula is C18H20BrNO4S. The summed E-state index contributed by atoms with van der Waals surface area (Å²) < 4.78 is 32.9. The van der Waals surface area contributed by atoms with E-state index in [1.165, 1.54) is 19.2 Å². The van der Waals surface area contributed by atoms with E-state index in [-0.39, 0.29) is 10.8 Å². The highest BCUT2D eigenvalue weighted by Crippen LogP contribution is 2.31. The number of anilines is 1. The second-order valence-corrected chi connectivity index (χ2v) is 8.53. The van der Waals surface area contributed by atoms with Crippen LogP contribution in [0, 0.1) is 0 Å². The monoisotopic (exact) mass is 425 g/mol. The van der Waals surface area contributed by atoms with Gasteiger partial charge in [-0.05, 0) is 41.8 Å². The Bertz CT molecular complexity index is 848. The minimum absolute atomic E-state index is 0.0939. The summed E-state index contributed by atoms with van der Waals surface area (Å²) in [6, 6.07) is 13.5. The van der Waals surface area contributed by atoms with Gasteiger partial charge < -0.3 is 4.74 Å². The molecule has 0 bridgehead atoms. The number of hydrogen-bond acceptors (Lipinski definition) is 4. The highest BCUT2D eigenvalue weighted by atomic mass is 79.9. The number of halogens is 1. The van der Waals surface area contributed by atoms with E-state index < -0.39 is 22.5 Å². The molecule has 0 heterocycles. The van der Waals surface area contributed by atoms with E-state index in [2.05, 4.69) is 15.9 Å². The lowest BCUT2D eigenvalue weighted by Crippen LogP contribution is -2.37. The Morgan fingerprint density at radius 3 is 2.28 bits per heavy atom. The van der Waals surface area contributed by atoms with Gasteiger partial charge in [-0.15, -0.1) is 0 Å². The van der Waals surface area contributed by atoms with Crippen LogP contribution in [-0.4, -0.2) is 28.0 Å². The smallest absolute Gasteiger partial charge is 0.326 e. The van der Waals surface area contributed by atoms with Crippen molar-refractivity contribution in [2.24, 2.45) is 0 Å². The second-order valence-electron chi connectivity index (χ2n) is 5.76. The molecule has 0 saturated carbocycles. The number of methoxy groups -OCH3 is 1. The SMILES string of the molecule is COC(=O)CN(c1ccccc1C(C)C)S(=O)(=O)c1ccc(Br)cc1. The summed E-state index contributed by atoms with van der Waals surface area (Å²) in [6.07, 6.45) is 0. The zero-order valence-electron chi connectivity index (χ0n) is 14.3. The number of esters is 1. The molecule has 134 valence electrons. The zero-order chi connectivity index (χ0) is 18.6. The van der Waals surface area contributed by atoms with Crippen LogP contribution in [0.15, 0.2) is 57.9 Å². The normalized spacial score (nSPS) is 11.4. The molecule has 7 heteroatoms. The van der Waals surface area contributed by atoms with Crippen molar-refractivity contribution < 1.29 is 17.9 Å². The van der Waals surface area contributed by atoms with Crippen LogP contribution < -0.4 is 4.31 Å². The number of benzene rings is 2. The topological polar surface area (TPSA) is 63.7 Å². The highest BCUT2D eigenvalue weighted by molar-refractivity contribution is 9.10.